The number of nitrogens with zero attached hydrogens (tertiary/aromatic N) is 1. The number of carbonyl (C=O) groups excluding carboxylic acids is 2. The molecule has 0 radical (unpaired) electrons. The predicted octanol–water partition coefficient (Wildman–Crippen LogP) is 2.97. The first-order chi connectivity index (χ1) is 12.4. The Bertz CT molecular complexity index is 698. The minimum absolute atomic E-state index is 0.197. The molecule has 1 aliphatic rings. The highest BCUT2D eigenvalue weighted by Crippen LogP contribution is 2.35. The van der Waals surface area contributed by atoms with E-state index in [9.17, 15) is 14.9 Å². The lowest BCUT2D eigenvalue weighted by Crippen LogP contribution is -2.50. The van der Waals surface area contributed by atoms with Crippen LogP contribution in [0.15, 0.2) is 16.6 Å². The van der Waals surface area contributed by atoms with Gasteiger partial charge in [-0.1, -0.05) is 19.3 Å². The molecule has 0 aliphatic heterocycles. The smallest absolute Gasteiger partial charge is 0.338 e. The van der Waals surface area contributed by atoms with Crippen molar-refractivity contribution in [2.24, 2.45) is 0 Å². The Balaban J connectivity index is 2.00. The van der Waals surface area contributed by atoms with E-state index in [1.165, 1.54) is 26.4 Å². The monoisotopic (exact) mass is 424 g/mol. The minimum Gasteiger partial charge on any atom is -0.495 e. The molecule has 140 valence electrons. The number of nitrogens with one attached hydrogen (secondary N) is 1. The summed E-state index contributed by atoms with van der Waals surface area (Å²) in [6, 6.07) is 5.17. The summed E-state index contributed by atoms with van der Waals surface area (Å²) in [6.07, 6.45) is 4.08. The molecule has 1 saturated carbocycles. The van der Waals surface area contributed by atoms with Gasteiger partial charge in [-0.15, -0.1) is 0 Å². The van der Waals surface area contributed by atoms with Crippen LogP contribution in [0.25, 0.3) is 0 Å². The van der Waals surface area contributed by atoms with Crippen LogP contribution in [0.3, 0.4) is 0 Å². The maximum atomic E-state index is 12.2. The van der Waals surface area contributed by atoms with Gasteiger partial charge >= 0.3 is 5.97 Å². The molecule has 1 amide bonds. The van der Waals surface area contributed by atoms with Gasteiger partial charge in [0.1, 0.15) is 21.5 Å². The Hall–Kier alpha value is -2.27. The van der Waals surface area contributed by atoms with E-state index in [4.69, 9.17) is 14.2 Å². The van der Waals surface area contributed by atoms with E-state index >= 15 is 0 Å². The van der Waals surface area contributed by atoms with Gasteiger partial charge < -0.3 is 19.5 Å². The Kier molecular flexibility index (Phi) is 6.86. The third-order valence-electron chi connectivity index (χ3n) is 4.32. The zero-order valence-electron chi connectivity index (χ0n) is 14.8. The molecule has 0 bridgehead atoms. The van der Waals surface area contributed by atoms with Crippen molar-refractivity contribution < 1.29 is 23.8 Å². The summed E-state index contributed by atoms with van der Waals surface area (Å²) in [4.78, 5) is 24.4. The van der Waals surface area contributed by atoms with Crippen molar-refractivity contribution in [1.82, 2.24) is 5.32 Å². The van der Waals surface area contributed by atoms with Crippen LogP contribution < -0.4 is 14.8 Å². The van der Waals surface area contributed by atoms with Crippen molar-refractivity contribution in [3.05, 3.63) is 22.2 Å². The van der Waals surface area contributed by atoms with Crippen LogP contribution in [0, 0.1) is 11.3 Å². The Morgan fingerprint density at radius 1 is 1.19 bits per heavy atom. The number of hydrogen-bond donors (Lipinski definition) is 1. The van der Waals surface area contributed by atoms with Crippen LogP contribution in [-0.4, -0.2) is 38.2 Å². The van der Waals surface area contributed by atoms with Gasteiger partial charge in [0.05, 0.1) is 25.9 Å². The molecule has 0 spiro atoms. The number of hydrogen-bond acceptors (Lipinski definition) is 6. The standard InChI is InChI=1S/C18H21BrN2O5/c1-24-13-8-12(9-14(25-2)16(13)19)17(23)26-10-15(22)21-18(11-20)6-4-3-5-7-18/h8-9H,3-7,10H2,1-2H3,(H,21,22). The van der Waals surface area contributed by atoms with Crippen LogP contribution >= 0.6 is 15.9 Å². The molecule has 0 atom stereocenters. The second-order valence-electron chi connectivity index (χ2n) is 6.07. The highest BCUT2D eigenvalue weighted by Gasteiger charge is 2.33. The van der Waals surface area contributed by atoms with Crippen molar-refractivity contribution in [1.29, 1.82) is 5.26 Å². The average molecular weight is 425 g/mol. The third-order valence-corrected chi connectivity index (χ3v) is 5.10. The van der Waals surface area contributed by atoms with E-state index < -0.39 is 24.0 Å². The number of esters is 1. The molecule has 8 heteroatoms. The second kappa shape index (κ2) is 8.90. The summed E-state index contributed by atoms with van der Waals surface area (Å²) < 4.78 is 16.0. The number of halogens is 1. The first-order valence-corrected chi connectivity index (χ1v) is 9.05. The van der Waals surface area contributed by atoms with Gasteiger partial charge in [0, 0.05) is 0 Å². The lowest BCUT2D eigenvalue weighted by Gasteiger charge is -2.31. The van der Waals surface area contributed by atoms with Crippen molar-refractivity contribution in [3.8, 4) is 17.6 Å². The van der Waals surface area contributed by atoms with Crippen LogP contribution in [0.1, 0.15) is 42.5 Å². The fourth-order valence-electron chi connectivity index (χ4n) is 2.92. The molecule has 1 aromatic carbocycles. The molecular formula is C18H21BrN2O5. The third kappa shape index (κ3) is 4.67. The number of amides is 1. The Labute approximate surface area is 160 Å². The molecule has 0 aromatic heterocycles. The van der Waals surface area contributed by atoms with Gasteiger partial charge in [-0.05, 0) is 40.9 Å². The van der Waals surface area contributed by atoms with Crippen LogP contribution in [0.5, 0.6) is 11.5 Å². The van der Waals surface area contributed by atoms with Gasteiger partial charge in [-0.25, -0.2) is 4.79 Å². The molecule has 1 aromatic rings. The fraction of sp³-hybridized carbons (Fsp3) is 0.500. The van der Waals surface area contributed by atoms with Gasteiger partial charge in [-0.3, -0.25) is 4.79 Å². The van der Waals surface area contributed by atoms with E-state index in [2.05, 4.69) is 27.3 Å². The number of benzene rings is 1. The van der Waals surface area contributed by atoms with Crippen LogP contribution in [0.4, 0.5) is 0 Å². The topological polar surface area (TPSA) is 97.6 Å². The van der Waals surface area contributed by atoms with Gasteiger partial charge in [0.25, 0.3) is 5.91 Å². The summed E-state index contributed by atoms with van der Waals surface area (Å²) in [5, 5.41) is 12.1. The molecule has 2 rings (SSSR count). The molecule has 7 nitrogen and oxygen atoms in total. The maximum Gasteiger partial charge on any atom is 0.338 e. The maximum absolute atomic E-state index is 12.2. The fourth-order valence-corrected chi connectivity index (χ4v) is 3.48. The first-order valence-electron chi connectivity index (χ1n) is 8.25. The normalized spacial score (nSPS) is 15.5. The van der Waals surface area contributed by atoms with E-state index in [0.29, 0.717) is 28.8 Å². The number of rotatable bonds is 6. The number of carbonyl (C=O) groups is 2. The van der Waals surface area contributed by atoms with Gasteiger partial charge in [0.15, 0.2) is 6.61 Å². The molecule has 1 aliphatic carbocycles. The molecule has 0 saturated heterocycles. The molecule has 26 heavy (non-hydrogen) atoms. The average Bonchev–Trinajstić information content (AvgIpc) is 2.67. The zero-order chi connectivity index (χ0) is 19.2. The number of ether oxygens (including phenoxy) is 3. The van der Waals surface area contributed by atoms with Crippen molar-refractivity contribution >= 4 is 27.8 Å². The van der Waals surface area contributed by atoms with Crippen molar-refractivity contribution in [2.45, 2.75) is 37.6 Å². The highest BCUT2D eigenvalue weighted by atomic mass is 79.9. The summed E-state index contributed by atoms with van der Waals surface area (Å²) in [6.45, 7) is -0.455. The van der Waals surface area contributed by atoms with E-state index in [1.54, 1.807) is 0 Å². The van der Waals surface area contributed by atoms with Gasteiger partial charge in [0.2, 0.25) is 0 Å². The lowest BCUT2D eigenvalue weighted by atomic mass is 9.83. The van der Waals surface area contributed by atoms with E-state index in [1.807, 2.05) is 0 Å². The molecular weight excluding hydrogens is 404 g/mol. The largest absolute Gasteiger partial charge is 0.495 e. The molecule has 1 fully saturated rings. The number of methoxy groups -OCH3 is 2. The first kappa shape index (κ1) is 20.0. The Morgan fingerprint density at radius 3 is 2.27 bits per heavy atom. The minimum atomic E-state index is -0.855. The van der Waals surface area contributed by atoms with E-state index in [0.717, 1.165) is 19.3 Å². The van der Waals surface area contributed by atoms with Gasteiger partial charge in [-0.2, -0.15) is 5.26 Å². The van der Waals surface area contributed by atoms with Crippen LogP contribution in [0.2, 0.25) is 0 Å². The summed E-state index contributed by atoms with van der Waals surface area (Å²) in [7, 11) is 2.93. The van der Waals surface area contributed by atoms with E-state index in [-0.39, 0.29) is 5.56 Å². The zero-order valence-corrected chi connectivity index (χ0v) is 16.3. The summed E-state index contributed by atoms with van der Waals surface area (Å²) in [5.74, 6) is -0.352. The molecule has 0 unspecified atom stereocenters. The lowest BCUT2D eigenvalue weighted by molar-refractivity contribution is -0.125. The second-order valence-corrected chi connectivity index (χ2v) is 6.87. The molecule has 0 heterocycles. The summed E-state index contributed by atoms with van der Waals surface area (Å²) >= 11 is 3.32. The quantitative estimate of drug-likeness (QED) is 0.704. The molecule has 1 N–H and O–H groups in total. The SMILES string of the molecule is COc1cc(C(=O)OCC(=O)NC2(C#N)CCCCC2)cc(OC)c1Br. The highest BCUT2D eigenvalue weighted by molar-refractivity contribution is 9.10. The number of nitriles is 1. The summed E-state index contributed by atoms with van der Waals surface area (Å²) in [5.41, 5.74) is -0.659. The predicted molar refractivity (Wildman–Crippen MR) is 97.1 cm³/mol. The Morgan fingerprint density at radius 2 is 1.77 bits per heavy atom. The van der Waals surface area contributed by atoms with Crippen molar-refractivity contribution in [2.75, 3.05) is 20.8 Å². The van der Waals surface area contributed by atoms with Crippen molar-refractivity contribution in [3.63, 3.8) is 0 Å². The van der Waals surface area contributed by atoms with Crippen LogP contribution in [-0.2, 0) is 9.53 Å².